The van der Waals surface area contributed by atoms with Gasteiger partial charge in [-0.1, -0.05) is 12.1 Å². The van der Waals surface area contributed by atoms with E-state index in [-0.39, 0.29) is 28.6 Å². The minimum absolute atomic E-state index is 0.107. The number of nitrogens with zero attached hydrogens (tertiary/aromatic N) is 1. The summed E-state index contributed by atoms with van der Waals surface area (Å²) in [5.74, 6) is -2.03. The topological polar surface area (TPSA) is 92.8 Å². The molecule has 29 heavy (non-hydrogen) atoms. The van der Waals surface area contributed by atoms with Crippen molar-refractivity contribution in [2.45, 2.75) is 33.7 Å². The second-order valence-corrected chi connectivity index (χ2v) is 7.28. The van der Waals surface area contributed by atoms with Crippen molar-refractivity contribution in [1.82, 2.24) is 4.90 Å². The van der Waals surface area contributed by atoms with Crippen molar-refractivity contribution < 1.29 is 23.9 Å². The van der Waals surface area contributed by atoms with Gasteiger partial charge in [0.05, 0.1) is 16.7 Å². The molecule has 3 amide bonds. The smallest absolute Gasteiger partial charge is 0.338 e. The zero-order valence-corrected chi connectivity index (χ0v) is 16.7. The molecule has 2 aromatic rings. The highest BCUT2D eigenvalue weighted by Gasteiger charge is 2.37. The summed E-state index contributed by atoms with van der Waals surface area (Å²) < 4.78 is 5.07. The van der Waals surface area contributed by atoms with Crippen LogP contribution >= 0.6 is 0 Å². The minimum Gasteiger partial charge on any atom is -0.452 e. The molecular formula is C22H22N2O5. The van der Waals surface area contributed by atoms with Crippen LogP contribution in [-0.4, -0.2) is 41.2 Å². The van der Waals surface area contributed by atoms with Crippen LogP contribution in [0.2, 0.25) is 0 Å². The summed E-state index contributed by atoms with van der Waals surface area (Å²) in [7, 11) is 0. The van der Waals surface area contributed by atoms with Crippen LogP contribution < -0.4 is 5.32 Å². The predicted molar refractivity (Wildman–Crippen MR) is 107 cm³/mol. The Morgan fingerprint density at radius 2 is 1.69 bits per heavy atom. The SMILES string of the molecule is Cc1ccc(C)c(NC(=O)COC(=O)c2ccc3c(c2)C(=O)N(C(C)C)C3=O)c1. The molecule has 1 N–H and O–H groups in total. The largest absolute Gasteiger partial charge is 0.452 e. The van der Waals surface area contributed by atoms with Crippen molar-refractivity contribution in [3.63, 3.8) is 0 Å². The van der Waals surface area contributed by atoms with Crippen molar-refractivity contribution >= 4 is 29.4 Å². The van der Waals surface area contributed by atoms with Crippen molar-refractivity contribution in [3.05, 3.63) is 64.2 Å². The highest BCUT2D eigenvalue weighted by Crippen LogP contribution is 2.26. The number of anilines is 1. The number of hydrogen-bond acceptors (Lipinski definition) is 5. The lowest BCUT2D eigenvalue weighted by atomic mass is 10.1. The predicted octanol–water partition coefficient (Wildman–Crippen LogP) is 3.10. The van der Waals surface area contributed by atoms with Gasteiger partial charge in [-0.3, -0.25) is 19.3 Å². The molecule has 150 valence electrons. The fourth-order valence-electron chi connectivity index (χ4n) is 3.13. The van der Waals surface area contributed by atoms with E-state index in [0.29, 0.717) is 5.69 Å². The molecule has 1 heterocycles. The van der Waals surface area contributed by atoms with Crippen LogP contribution in [-0.2, 0) is 9.53 Å². The molecular weight excluding hydrogens is 372 g/mol. The highest BCUT2D eigenvalue weighted by molar-refractivity contribution is 6.22. The lowest BCUT2D eigenvalue weighted by Gasteiger charge is -2.17. The van der Waals surface area contributed by atoms with Crippen LogP contribution in [0.15, 0.2) is 36.4 Å². The number of carbonyl (C=O) groups excluding carboxylic acids is 4. The number of aryl methyl sites for hydroxylation is 2. The van der Waals surface area contributed by atoms with E-state index in [1.165, 1.54) is 18.2 Å². The second-order valence-electron chi connectivity index (χ2n) is 7.28. The van der Waals surface area contributed by atoms with Gasteiger partial charge in [0.25, 0.3) is 17.7 Å². The van der Waals surface area contributed by atoms with Gasteiger partial charge in [0, 0.05) is 11.7 Å². The summed E-state index contributed by atoms with van der Waals surface area (Å²) in [5, 5.41) is 2.71. The lowest BCUT2D eigenvalue weighted by Crippen LogP contribution is -2.35. The molecule has 7 nitrogen and oxygen atoms in total. The fraction of sp³-hybridized carbons (Fsp3) is 0.273. The average Bonchev–Trinajstić information content (AvgIpc) is 2.93. The summed E-state index contributed by atoms with van der Waals surface area (Å²) in [6.45, 7) is 6.80. The molecule has 7 heteroatoms. The first-order chi connectivity index (χ1) is 13.7. The van der Waals surface area contributed by atoms with E-state index >= 15 is 0 Å². The first-order valence-corrected chi connectivity index (χ1v) is 9.25. The Kier molecular flexibility index (Phi) is 5.50. The molecule has 0 bridgehead atoms. The van der Waals surface area contributed by atoms with E-state index < -0.39 is 24.4 Å². The van der Waals surface area contributed by atoms with Crippen molar-refractivity contribution in [3.8, 4) is 0 Å². The minimum atomic E-state index is -0.743. The first-order valence-electron chi connectivity index (χ1n) is 9.25. The van der Waals surface area contributed by atoms with Crippen molar-refractivity contribution in [1.29, 1.82) is 0 Å². The van der Waals surface area contributed by atoms with Gasteiger partial charge in [-0.2, -0.15) is 0 Å². The zero-order chi connectivity index (χ0) is 21.3. The number of carbonyl (C=O) groups is 4. The molecule has 2 aromatic carbocycles. The number of esters is 1. The van der Waals surface area contributed by atoms with Crippen molar-refractivity contribution in [2.75, 3.05) is 11.9 Å². The highest BCUT2D eigenvalue weighted by atomic mass is 16.5. The molecule has 3 rings (SSSR count). The number of benzene rings is 2. The summed E-state index contributed by atoms with van der Waals surface area (Å²) in [6, 6.07) is 9.56. The summed E-state index contributed by atoms with van der Waals surface area (Å²) in [5.41, 5.74) is 3.07. The maximum absolute atomic E-state index is 12.4. The lowest BCUT2D eigenvalue weighted by molar-refractivity contribution is -0.119. The van der Waals surface area contributed by atoms with E-state index in [1.54, 1.807) is 13.8 Å². The van der Waals surface area contributed by atoms with E-state index in [2.05, 4.69) is 5.32 Å². The Labute approximate surface area is 168 Å². The number of amides is 3. The molecule has 0 saturated heterocycles. The van der Waals surface area contributed by atoms with Crippen LogP contribution in [0, 0.1) is 13.8 Å². The van der Waals surface area contributed by atoms with E-state index in [1.807, 2.05) is 32.0 Å². The Morgan fingerprint density at radius 1 is 1.00 bits per heavy atom. The monoisotopic (exact) mass is 394 g/mol. The Bertz CT molecular complexity index is 1030. The van der Waals surface area contributed by atoms with E-state index in [4.69, 9.17) is 4.74 Å². The van der Waals surface area contributed by atoms with Crippen LogP contribution in [0.3, 0.4) is 0 Å². The number of hydrogen-bond donors (Lipinski definition) is 1. The zero-order valence-electron chi connectivity index (χ0n) is 16.7. The molecule has 0 saturated carbocycles. The third-order valence-corrected chi connectivity index (χ3v) is 4.67. The van der Waals surface area contributed by atoms with Crippen molar-refractivity contribution in [2.24, 2.45) is 0 Å². The maximum atomic E-state index is 12.4. The van der Waals surface area contributed by atoms with E-state index in [0.717, 1.165) is 16.0 Å². The molecule has 0 radical (unpaired) electrons. The number of rotatable bonds is 5. The quantitative estimate of drug-likeness (QED) is 0.621. The fourth-order valence-corrected chi connectivity index (χ4v) is 3.13. The van der Waals surface area contributed by atoms with Crippen LogP contribution in [0.5, 0.6) is 0 Å². The summed E-state index contributed by atoms with van der Waals surface area (Å²) in [6.07, 6.45) is 0. The normalized spacial score (nSPS) is 12.9. The standard InChI is InChI=1S/C22H22N2O5/c1-12(2)24-20(26)16-8-7-15(10-17(16)21(24)27)22(28)29-11-19(25)23-18-9-13(3)5-6-14(18)4/h5-10,12H,11H2,1-4H3,(H,23,25). The maximum Gasteiger partial charge on any atom is 0.338 e. The number of fused-ring (bicyclic) bond motifs is 1. The van der Waals surface area contributed by atoms with Crippen LogP contribution in [0.4, 0.5) is 5.69 Å². The van der Waals surface area contributed by atoms with Gasteiger partial charge in [-0.15, -0.1) is 0 Å². The van der Waals surface area contributed by atoms with Gasteiger partial charge in [-0.05, 0) is 63.1 Å². The van der Waals surface area contributed by atoms with Crippen LogP contribution in [0.1, 0.15) is 56.0 Å². The average molecular weight is 394 g/mol. The molecule has 0 unspecified atom stereocenters. The second kappa shape index (κ2) is 7.87. The molecule has 1 aliphatic heterocycles. The molecule has 0 atom stereocenters. The van der Waals surface area contributed by atoms with Gasteiger partial charge in [-0.25, -0.2) is 4.79 Å². The number of nitrogens with one attached hydrogen (secondary N) is 1. The van der Waals surface area contributed by atoms with Gasteiger partial charge in [0.1, 0.15) is 0 Å². The molecule has 1 aliphatic rings. The van der Waals surface area contributed by atoms with Gasteiger partial charge in [0.2, 0.25) is 0 Å². The van der Waals surface area contributed by atoms with Gasteiger partial charge < -0.3 is 10.1 Å². The summed E-state index contributed by atoms with van der Waals surface area (Å²) >= 11 is 0. The van der Waals surface area contributed by atoms with Crippen LogP contribution in [0.25, 0.3) is 0 Å². The third kappa shape index (κ3) is 4.03. The Balaban J connectivity index is 1.67. The molecule has 0 fully saturated rings. The Morgan fingerprint density at radius 3 is 2.38 bits per heavy atom. The number of ether oxygens (including phenoxy) is 1. The van der Waals surface area contributed by atoms with Gasteiger partial charge in [0.15, 0.2) is 6.61 Å². The first kappa shape index (κ1) is 20.3. The van der Waals surface area contributed by atoms with Gasteiger partial charge >= 0.3 is 5.97 Å². The third-order valence-electron chi connectivity index (χ3n) is 4.67. The number of imide groups is 1. The summed E-state index contributed by atoms with van der Waals surface area (Å²) in [4.78, 5) is 50.3. The molecule has 0 aromatic heterocycles. The molecule has 0 aliphatic carbocycles. The Hall–Kier alpha value is -3.48. The van der Waals surface area contributed by atoms with E-state index in [9.17, 15) is 19.2 Å². The molecule has 0 spiro atoms.